The molecule has 1 aliphatic rings. The van der Waals surface area contributed by atoms with Crippen LogP contribution >= 0.6 is 0 Å². The summed E-state index contributed by atoms with van der Waals surface area (Å²) in [6.45, 7) is 2.88. The molecule has 0 spiro atoms. The standard InChI is InChI=1S/C23H24N4O2/c1-29-21-10-6-5-9-20(21)26-13-15-27(16-14-26)23(28)18-11-12-22(24-17-18)25-19-7-3-2-4-8-19/h2-12,17H,13-16H2,1H3,(H,24,25). The number of pyridine rings is 1. The summed E-state index contributed by atoms with van der Waals surface area (Å²) in [4.78, 5) is 21.4. The smallest absolute Gasteiger partial charge is 0.255 e. The first kappa shape index (κ1) is 18.8. The quantitative estimate of drug-likeness (QED) is 0.721. The van der Waals surface area contributed by atoms with Gasteiger partial charge in [0, 0.05) is 38.1 Å². The van der Waals surface area contributed by atoms with Crippen LogP contribution in [0.5, 0.6) is 5.75 Å². The molecule has 1 saturated heterocycles. The van der Waals surface area contributed by atoms with Crippen LogP contribution in [0.25, 0.3) is 0 Å². The minimum Gasteiger partial charge on any atom is -0.495 e. The maximum absolute atomic E-state index is 12.9. The van der Waals surface area contributed by atoms with Gasteiger partial charge >= 0.3 is 0 Å². The third kappa shape index (κ3) is 4.32. The molecule has 4 rings (SSSR count). The molecule has 1 amide bonds. The number of nitrogens with zero attached hydrogens (tertiary/aromatic N) is 3. The molecule has 1 fully saturated rings. The molecule has 6 heteroatoms. The van der Waals surface area contributed by atoms with Gasteiger partial charge in [0.05, 0.1) is 18.4 Å². The topological polar surface area (TPSA) is 57.7 Å². The van der Waals surface area contributed by atoms with Crippen LogP contribution in [0, 0.1) is 0 Å². The van der Waals surface area contributed by atoms with Crippen molar-refractivity contribution >= 4 is 23.1 Å². The van der Waals surface area contributed by atoms with E-state index < -0.39 is 0 Å². The molecule has 0 saturated carbocycles. The lowest BCUT2D eigenvalue weighted by atomic mass is 10.2. The highest BCUT2D eigenvalue weighted by molar-refractivity contribution is 5.94. The number of benzene rings is 2. The lowest BCUT2D eigenvalue weighted by Crippen LogP contribution is -2.48. The van der Waals surface area contributed by atoms with Crippen molar-refractivity contribution in [2.24, 2.45) is 0 Å². The number of hydrogen-bond donors (Lipinski definition) is 1. The third-order valence-corrected chi connectivity index (χ3v) is 5.05. The number of ether oxygens (including phenoxy) is 1. The number of carbonyl (C=O) groups excluding carboxylic acids is 1. The van der Waals surface area contributed by atoms with E-state index in [-0.39, 0.29) is 5.91 Å². The van der Waals surface area contributed by atoms with E-state index >= 15 is 0 Å². The average Bonchev–Trinajstić information content (AvgIpc) is 2.80. The number of piperazine rings is 1. The molecule has 1 aromatic heterocycles. The van der Waals surface area contributed by atoms with Gasteiger partial charge in [0.2, 0.25) is 0 Å². The molecule has 2 aromatic carbocycles. The molecule has 1 N–H and O–H groups in total. The van der Waals surface area contributed by atoms with E-state index in [4.69, 9.17) is 4.74 Å². The van der Waals surface area contributed by atoms with Crippen molar-refractivity contribution in [3.05, 3.63) is 78.5 Å². The highest BCUT2D eigenvalue weighted by Crippen LogP contribution is 2.28. The third-order valence-electron chi connectivity index (χ3n) is 5.05. The monoisotopic (exact) mass is 388 g/mol. The Kier molecular flexibility index (Phi) is 5.61. The molecule has 0 unspecified atom stereocenters. The second kappa shape index (κ2) is 8.65. The van der Waals surface area contributed by atoms with Crippen molar-refractivity contribution in [2.75, 3.05) is 43.5 Å². The predicted octanol–water partition coefficient (Wildman–Crippen LogP) is 3.80. The molecule has 0 aliphatic carbocycles. The van der Waals surface area contributed by atoms with E-state index in [1.165, 1.54) is 0 Å². The van der Waals surface area contributed by atoms with Crippen molar-refractivity contribution in [2.45, 2.75) is 0 Å². The average molecular weight is 388 g/mol. The Bertz CT molecular complexity index is 952. The first-order valence-corrected chi connectivity index (χ1v) is 9.70. The molecular formula is C23H24N4O2. The number of rotatable bonds is 5. The minimum atomic E-state index is 0.0171. The van der Waals surface area contributed by atoms with Crippen LogP contribution in [0.1, 0.15) is 10.4 Å². The van der Waals surface area contributed by atoms with Crippen molar-refractivity contribution < 1.29 is 9.53 Å². The zero-order valence-corrected chi connectivity index (χ0v) is 16.4. The fourth-order valence-electron chi connectivity index (χ4n) is 3.49. The number of aromatic nitrogens is 1. The Morgan fingerprint density at radius 3 is 2.34 bits per heavy atom. The van der Waals surface area contributed by atoms with E-state index in [0.29, 0.717) is 24.5 Å². The summed E-state index contributed by atoms with van der Waals surface area (Å²) >= 11 is 0. The van der Waals surface area contributed by atoms with E-state index in [1.54, 1.807) is 13.3 Å². The number of carbonyl (C=O) groups is 1. The van der Waals surface area contributed by atoms with Crippen LogP contribution in [-0.2, 0) is 0 Å². The van der Waals surface area contributed by atoms with Gasteiger partial charge < -0.3 is 19.9 Å². The maximum Gasteiger partial charge on any atom is 0.255 e. The van der Waals surface area contributed by atoms with Crippen molar-refractivity contribution in [1.82, 2.24) is 9.88 Å². The fraction of sp³-hybridized carbons (Fsp3) is 0.217. The normalized spacial score (nSPS) is 13.8. The van der Waals surface area contributed by atoms with E-state index in [0.717, 1.165) is 30.2 Å². The van der Waals surface area contributed by atoms with Crippen LogP contribution in [0.4, 0.5) is 17.2 Å². The number of hydrogen-bond acceptors (Lipinski definition) is 5. The maximum atomic E-state index is 12.9. The second-order valence-electron chi connectivity index (χ2n) is 6.87. The summed E-state index contributed by atoms with van der Waals surface area (Å²) in [7, 11) is 1.68. The van der Waals surface area contributed by atoms with Crippen LogP contribution < -0.4 is 15.0 Å². The zero-order valence-electron chi connectivity index (χ0n) is 16.4. The van der Waals surface area contributed by atoms with Crippen LogP contribution in [-0.4, -0.2) is 49.1 Å². The minimum absolute atomic E-state index is 0.0171. The first-order valence-electron chi connectivity index (χ1n) is 9.70. The van der Waals surface area contributed by atoms with E-state index in [2.05, 4.69) is 21.3 Å². The highest BCUT2D eigenvalue weighted by Gasteiger charge is 2.23. The Morgan fingerprint density at radius 1 is 0.931 bits per heavy atom. The summed E-state index contributed by atoms with van der Waals surface area (Å²) in [5.74, 6) is 1.59. The SMILES string of the molecule is COc1ccccc1N1CCN(C(=O)c2ccc(Nc3ccccc3)nc2)CC1. The van der Waals surface area contributed by atoms with Gasteiger partial charge in [0.15, 0.2) is 0 Å². The Balaban J connectivity index is 1.37. The number of amides is 1. The van der Waals surface area contributed by atoms with Gasteiger partial charge in [-0.1, -0.05) is 30.3 Å². The molecule has 29 heavy (non-hydrogen) atoms. The highest BCUT2D eigenvalue weighted by atomic mass is 16.5. The number of para-hydroxylation sites is 3. The van der Waals surface area contributed by atoms with Crippen molar-refractivity contribution in [3.8, 4) is 5.75 Å². The van der Waals surface area contributed by atoms with Crippen LogP contribution in [0.2, 0.25) is 0 Å². The van der Waals surface area contributed by atoms with Gasteiger partial charge in [-0.3, -0.25) is 4.79 Å². The van der Waals surface area contributed by atoms with Gasteiger partial charge in [0.1, 0.15) is 11.6 Å². The molecule has 2 heterocycles. The van der Waals surface area contributed by atoms with Crippen LogP contribution in [0.15, 0.2) is 72.9 Å². The van der Waals surface area contributed by atoms with E-state index in [9.17, 15) is 4.79 Å². The molecule has 0 radical (unpaired) electrons. The van der Waals surface area contributed by atoms with Gasteiger partial charge in [0.25, 0.3) is 5.91 Å². The number of methoxy groups -OCH3 is 1. The summed E-state index contributed by atoms with van der Waals surface area (Å²) in [5.41, 5.74) is 2.64. The summed E-state index contributed by atoms with van der Waals surface area (Å²) < 4.78 is 5.46. The van der Waals surface area contributed by atoms with Crippen molar-refractivity contribution in [3.63, 3.8) is 0 Å². The van der Waals surface area contributed by atoms with Crippen molar-refractivity contribution in [1.29, 1.82) is 0 Å². The number of nitrogens with one attached hydrogen (secondary N) is 1. The van der Waals surface area contributed by atoms with Gasteiger partial charge in [-0.15, -0.1) is 0 Å². The van der Waals surface area contributed by atoms with Crippen LogP contribution in [0.3, 0.4) is 0 Å². The molecule has 6 nitrogen and oxygen atoms in total. The largest absolute Gasteiger partial charge is 0.495 e. The predicted molar refractivity (Wildman–Crippen MR) is 115 cm³/mol. The molecule has 1 aliphatic heterocycles. The van der Waals surface area contributed by atoms with Gasteiger partial charge in [-0.05, 0) is 36.4 Å². The molecule has 0 atom stereocenters. The molecular weight excluding hydrogens is 364 g/mol. The zero-order chi connectivity index (χ0) is 20.1. The Labute approximate surface area is 170 Å². The molecule has 0 bridgehead atoms. The first-order chi connectivity index (χ1) is 14.2. The lowest BCUT2D eigenvalue weighted by Gasteiger charge is -2.36. The summed E-state index contributed by atoms with van der Waals surface area (Å²) in [5, 5.41) is 3.23. The van der Waals surface area contributed by atoms with Gasteiger partial charge in [-0.25, -0.2) is 4.98 Å². The summed E-state index contributed by atoms with van der Waals surface area (Å²) in [6, 6.07) is 21.5. The Hall–Kier alpha value is -3.54. The molecule has 148 valence electrons. The number of anilines is 3. The fourth-order valence-corrected chi connectivity index (χ4v) is 3.49. The Morgan fingerprint density at radius 2 is 1.66 bits per heavy atom. The summed E-state index contributed by atoms with van der Waals surface area (Å²) in [6.07, 6.45) is 1.64. The van der Waals surface area contributed by atoms with E-state index in [1.807, 2.05) is 65.6 Å². The second-order valence-corrected chi connectivity index (χ2v) is 6.87. The lowest BCUT2D eigenvalue weighted by molar-refractivity contribution is 0.0746. The molecule has 3 aromatic rings. The van der Waals surface area contributed by atoms with Gasteiger partial charge in [-0.2, -0.15) is 0 Å².